The van der Waals surface area contributed by atoms with Gasteiger partial charge in [0.05, 0.1) is 13.0 Å². The molecule has 136 valence electrons. The van der Waals surface area contributed by atoms with E-state index in [1.807, 2.05) is 30.3 Å². The Labute approximate surface area is 158 Å². The van der Waals surface area contributed by atoms with Crippen molar-refractivity contribution in [3.63, 3.8) is 0 Å². The quantitative estimate of drug-likeness (QED) is 0.799. The molecule has 0 radical (unpaired) electrons. The average molecular weight is 389 g/mol. The van der Waals surface area contributed by atoms with E-state index in [4.69, 9.17) is 0 Å². The van der Waals surface area contributed by atoms with E-state index in [1.165, 1.54) is 4.31 Å². The highest BCUT2D eigenvalue weighted by atomic mass is 32.2. The van der Waals surface area contributed by atoms with Crippen molar-refractivity contribution in [3.05, 3.63) is 52.9 Å². The van der Waals surface area contributed by atoms with Crippen LogP contribution in [-0.2, 0) is 21.2 Å². The topological polar surface area (TPSA) is 66.5 Å². The summed E-state index contributed by atoms with van der Waals surface area (Å²) in [7, 11) is -3.41. The van der Waals surface area contributed by atoms with Gasteiger partial charge in [0.1, 0.15) is 4.21 Å². The zero-order chi connectivity index (χ0) is 18.4. The molecule has 1 fully saturated rings. The van der Waals surface area contributed by atoms with Crippen LogP contribution in [0.25, 0.3) is 0 Å². The number of nitrogens with zero attached hydrogens (tertiary/aromatic N) is 1. The number of nitrogens with one attached hydrogen (secondary N) is 1. The lowest BCUT2D eigenvalue weighted by molar-refractivity contribution is -0.120. The second-order valence-corrected chi connectivity index (χ2v) is 9.29. The van der Waals surface area contributed by atoms with Crippen LogP contribution in [-0.4, -0.2) is 38.3 Å². The van der Waals surface area contributed by atoms with Crippen LogP contribution in [0.2, 0.25) is 0 Å². The summed E-state index contributed by atoms with van der Waals surface area (Å²) in [5, 5.41) is 2.74. The summed E-state index contributed by atoms with van der Waals surface area (Å²) in [5.41, 5.74) is 0.900. The van der Waals surface area contributed by atoms with Gasteiger partial charge in [-0.15, -0.1) is 11.3 Å². The van der Waals surface area contributed by atoms with E-state index in [9.17, 15) is 13.2 Å². The number of hydrogen-bond donors (Lipinski definition) is 1. The molecule has 1 N–H and O–H groups in total. The van der Waals surface area contributed by atoms with Crippen LogP contribution in [0.3, 0.4) is 0 Å². The van der Waals surface area contributed by atoms with Crippen molar-refractivity contribution < 1.29 is 13.2 Å². The molecule has 0 atom stereocenters. The molecule has 1 aromatic carbocycles. The minimum Gasteiger partial charge on any atom is -0.345 e. The summed E-state index contributed by atoms with van der Waals surface area (Å²) >= 11 is 1.16. The highest BCUT2D eigenvalue weighted by Crippen LogP contribution is 2.27. The van der Waals surface area contributed by atoms with Crippen LogP contribution >= 0.6 is 11.3 Å². The lowest BCUT2D eigenvalue weighted by atomic mass is 10.2. The molecule has 1 saturated heterocycles. The summed E-state index contributed by atoms with van der Waals surface area (Å²) in [5.74, 6) is 5.71. The minimum absolute atomic E-state index is 0.160. The van der Waals surface area contributed by atoms with Gasteiger partial charge in [0.2, 0.25) is 5.91 Å². The van der Waals surface area contributed by atoms with Crippen LogP contribution in [0, 0.1) is 11.8 Å². The number of rotatable bonds is 5. The number of benzene rings is 1. The van der Waals surface area contributed by atoms with E-state index < -0.39 is 10.0 Å². The number of carbonyl (C=O) groups is 1. The lowest BCUT2D eigenvalue weighted by Crippen LogP contribution is -2.27. The molecule has 0 unspecified atom stereocenters. The molecule has 1 aliphatic heterocycles. The fourth-order valence-corrected chi connectivity index (χ4v) is 5.70. The Balaban J connectivity index is 1.52. The Hall–Kier alpha value is -2.14. The smallest absolute Gasteiger partial charge is 0.252 e. The molecular weight excluding hydrogens is 368 g/mol. The number of thiophene rings is 1. The van der Waals surface area contributed by atoms with E-state index in [1.54, 1.807) is 12.1 Å². The van der Waals surface area contributed by atoms with E-state index in [2.05, 4.69) is 17.2 Å². The van der Waals surface area contributed by atoms with Gasteiger partial charge in [0, 0.05) is 23.5 Å². The number of hydrogen-bond acceptors (Lipinski definition) is 4. The average Bonchev–Trinajstić information content (AvgIpc) is 3.32. The van der Waals surface area contributed by atoms with Gasteiger partial charge >= 0.3 is 0 Å². The highest BCUT2D eigenvalue weighted by molar-refractivity contribution is 7.91. The molecular formula is C19H20N2O3S2. The van der Waals surface area contributed by atoms with Crippen molar-refractivity contribution in [1.29, 1.82) is 0 Å². The Morgan fingerprint density at radius 2 is 1.85 bits per heavy atom. The molecule has 0 aliphatic carbocycles. The molecule has 2 heterocycles. The maximum atomic E-state index is 12.5. The van der Waals surface area contributed by atoms with Crippen LogP contribution in [0.1, 0.15) is 23.3 Å². The van der Waals surface area contributed by atoms with E-state index in [0.717, 1.165) is 34.6 Å². The molecule has 1 amide bonds. The van der Waals surface area contributed by atoms with E-state index in [-0.39, 0.29) is 18.9 Å². The number of carbonyl (C=O) groups excluding carboxylic acids is 1. The van der Waals surface area contributed by atoms with E-state index in [0.29, 0.717) is 17.3 Å². The first-order valence-electron chi connectivity index (χ1n) is 8.45. The molecule has 0 saturated carbocycles. The second-order valence-electron chi connectivity index (χ2n) is 5.95. The van der Waals surface area contributed by atoms with Crippen molar-refractivity contribution in [2.45, 2.75) is 23.5 Å². The first-order valence-corrected chi connectivity index (χ1v) is 10.7. The summed E-state index contributed by atoms with van der Waals surface area (Å²) in [4.78, 5) is 12.7. The minimum atomic E-state index is -3.41. The zero-order valence-corrected chi connectivity index (χ0v) is 15.9. The van der Waals surface area contributed by atoms with Gasteiger partial charge in [0.15, 0.2) is 0 Å². The van der Waals surface area contributed by atoms with Gasteiger partial charge in [-0.05, 0) is 37.1 Å². The molecule has 0 spiro atoms. The molecule has 2 aromatic rings. The van der Waals surface area contributed by atoms with Gasteiger partial charge < -0.3 is 5.32 Å². The number of sulfonamides is 1. The Morgan fingerprint density at radius 3 is 2.58 bits per heavy atom. The summed E-state index contributed by atoms with van der Waals surface area (Å²) in [6.07, 6.45) is 1.97. The standard InChI is InChI=1S/C19H20N2O3S2/c22-18(20-12-6-9-16-7-2-1-3-8-16)15-17-10-11-19(25-17)26(23,24)21-13-4-5-14-21/h1-3,7-8,10-11H,4-5,12-15H2,(H,20,22). The Morgan fingerprint density at radius 1 is 1.12 bits per heavy atom. The largest absolute Gasteiger partial charge is 0.345 e. The normalized spacial score (nSPS) is 14.6. The fourth-order valence-electron chi connectivity index (χ4n) is 2.68. The van der Waals surface area contributed by atoms with Gasteiger partial charge in [-0.3, -0.25) is 4.79 Å². The van der Waals surface area contributed by atoms with Crippen molar-refractivity contribution >= 4 is 27.3 Å². The third kappa shape index (κ3) is 4.73. The Bertz CT molecular complexity index is 918. The first-order chi connectivity index (χ1) is 12.6. The monoisotopic (exact) mass is 388 g/mol. The molecule has 3 rings (SSSR count). The van der Waals surface area contributed by atoms with Crippen LogP contribution in [0.15, 0.2) is 46.7 Å². The van der Waals surface area contributed by atoms with Gasteiger partial charge in [-0.1, -0.05) is 30.0 Å². The number of amides is 1. The Kier molecular flexibility index (Phi) is 6.09. The van der Waals surface area contributed by atoms with Crippen LogP contribution < -0.4 is 5.32 Å². The van der Waals surface area contributed by atoms with Gasteiger partial charge in [0.25, 0.3) is 10.0 Å². The fraction of sp³-hybridized carbons (Fsp3) is 0.316. The zero-order valence-electron chi connectivity index (χ0n) is 14.3. The predicted octanol–water partition coefficient (Wildman–Crippen LogP) is 2.24. The SMILES string of the molecule is O=C(Cc1ccc(S(=O)(=O)N2CCCC2)s1)NCC#Cc1ccccc1. The van der Waals surface area contributed by atoms with Crippen molar-refractivity contribution in [2.24, 2.45) is 0 Å². The molecule has 26 heavy (non-hydrogen) atoms. The summed E-state index contributed by atoms with van der Waals surface area (Å²) in [6.45, 7) is 1.42. The molecule has 5 nitrogen and oxygen atoms in total. The van der Waals surface area contributed by atoms with Crippen molar-refractivity contribution in [1.82, 2.24) is 9.62 Å². The summed E-state index contributed by atoms with van der Waals surface area (Å²) in [6, 6.07) is 12.9. The van der Waals surface area contributed by atoms with Gasteiger partial charge in [-0.25, -0.2) is 8.42 Å². The first kappa shape index (κ1) is 18.6. The third-order valence-electron chi connectivity index (χ3n) is 4.01. The highest BCUT2D eigenvalue weighted by Gasteiger charge is 2.28. The van der Waals surface area contributed by atoms with Gasteiger partial charge in [-0.2, -0.15) is 4.31 Å². The molecule has 0 bridgehead atoms. The molecule has 7 heteroatoms. The van der Waals surface area contributed by atoms with Crippen LogP contribution in [0.5, 0.6) is 0 Å². The van der Waals surface area contributed by atoms with Crippen LogP contribution in [0.4, 0.5) is 0 Å². The third-order valence-corrected chi connectivity index (χ3v) is 7.46. The second kappa shape index (κ2) is 8.49. The molecule has 1 aliphatic rings. The predicted molar refractivity (Wildman–Crippen MR) is 102 cm³/mol. The lowest BCUT2D eigenvalue weighted by Gasteiger charge is -2.13. The maximum absolute atomic E-state index is 12.5. The van der Waals surface area contributed by atoms with E-state index >= 15 is 0 Å². The molecule has 1 aromatic heterocycles. The van der Waals surface area contributed by atoms with Crippen molar-refractivity contribution in [3.8, 4) is 11.8 Å². The maximum Gasteiger partial charge on any atom is 0.252 e. The van der Waals surface area contributed by atoms with Crippen molar-refractivity contribution in [2.75, 3.05) is 19.6 Å². The summed E-state index contributed by atoms with van der Waals surface area (Å²) < 4.78 is 26.8.